The Bertz CT molecular complexity index is 2520. The number of rotatable bonds is 0. The standard InChI is InChI=1S/C45H28O/c1-27-13-12-23-39-43(27)32-26-42-31(30-16-4-11-24-41(30)46-42)25-40(32)45(39)37-21-9-7-19-35(37)44(36-20-8-10-22-38(36)45)33-17-5-2-14-28(33)29-15-3-6-18-34(29)44/h2-26H,1H3. The maximum Gasteiger partial charge on any atom is 0.136 e. The molecule has 46 heavy (non-hydrogen) atoms. The Kier molecular flexibility index (Phi) is 4.46. The third-order valence-electron chi connectivity index (χ3n) is 11.3. The zero-order valence-electron chi connectivity index (χ0n) is 25.3. The molecule has 3 aliphatic carbocycles. The summed E-state index contributed by atoms with van der Waals surface area (Å²) in [6.45, 7) is 2.26. The lowest BCUT2D eigenvalue weighted by atomic mass is 9.52. The van der Waals surface area contributed by atoms with E-state index in [1.165, 1.54) is 77.7 Å². The first-order chi connectivity index (χ1) is 22.7. The molecule has 0 fully saturated rings. The van der Waals surface area contributed by atoms with Crippen LogP contribution in [-0.4, -0.2) is 0 Å². The van der Waals surface area contributed by atoms with Gasteiger partial charge in [-0.25, -0.2) is 0 Å². The Balaban J connectivity index is 1.37. The van der Waals surface area contributed by atoms with E-state index < -0.39 is 10.8 Å². The molecule has 0 bridgehead atoms. The van der Waals surface area contributed by atoms with E-state index >= 15 is 0 Å². The van der Waals surface area contributed by atoms with Crippen molar-refractivity contribution >= 4 is 21.9 Å². The molecule has 1 nitrogen and oxygen atoms in total. The molecule has 1 heterocycles. The summed E-state index contributed by atoms with van der Waals surface area (Å²) >= 11 is 0. The summed E-state index contributed by atoms with van der Waals surface area (Å²) in [4.78, 5) is 0. The van der Waals surface area contributed by atoms with Gasteiger partial charge in [-0.1, -0.05) is 133 Å². The van der Waals surface area contributed by atoms with Crippen molar-refractivity contribution in [1.29, 1.82) is 0 Å². The predicted molar refractivity (Wildman–Crippen MR) is 187 cm³/mol. The Labute approximate surface area is 267 Å². The van der Waals surface area contributed by atoms with Crippen LogP contribution in [0.15, 0.2) is 156 Å². The highest BCUT2D eigenvalue weighted by Gasteiger charge is 2.59. The predicted octanol–water partition coefficient (Wildman–Crippen LogP) is 10.9. The Morgan fingerprint density at radius 3 is 1.50 bits per heavy atom. The van der Waals surface area contributed by atoms with Gasteiger partial charge in [-0.05, 0) is 97.4 Å². The third kappa shape index (κ3) is 2.60. The van der Waals surface area contributed by atoms with Crippen molar-refractivity contribution in [1.82, 2.24) is 0 Å². The Morgan fingerprint density at radius 2 is 0.870 bits per heavy atom. The molecule has 214 valence electrons. The molecule has 0 N–H and O–H groups in total. The average Bonchev–Trinajstić information content (AvgIpc) is 3.72. The van der Waals surface area contributed by atoms with E-state index in [1.54, 1.807) is 0 Å². The molecular formula is C45H28O. The summed E-state index contributed by atoms with van der Waals surface area (Å²) in [6, 6.07) is 56.9. The summed E-state index contributed by atoms with van der Waals surface area (Å²) in [5, 5.41) is 2.33. The summed E-state index contributed by atoms with van der Waals surface area (Å²) in [5.74, 6) is 0. The van der Waals surface area contributed by atoms with Crippen LogP contribution in [0.5, 0.6) is 0 Å². The van der Waals surface area contributed by atoms with Crippen LogP contribution in [0.4, 0.5) is 0 Å². The fourth-order valence-corrected chi connectivity index (χ4v) is 9.73. The van der Waals surface area contributed by atoms with E-state index in [0.717, 1.165) is 16.6 Å². The minimum atomic E-state index is -0.492. The van der Waals surface area contributed by atoms with Crippen molar-refractivity contribution in [2.75, 3.05) is 0 Å². The van der Waals surface area contributed by atoms with Crippen LogP contribution in [-0.2, 0) is 10.8 Å². The van der Waals surface area contributed by atoms with Crippen molar-refractivity contribution in [3.63, 3.8) is 0 Å². The Hall–Kier alpha value is -5.66. The van der Waals surface area contributed by atoms with Gasteiger partial charge in [-0.2, -0.15) is 0 Å². The molecule has 2 spiro atoms. The molecule has 7 aromatic carbocycles. The van der Waals surface area contributed by atoms with Gasteiger partial charge >= 0.3 is 0 Å². The largest absolute Gasteiger partial charge is 0.456 e. The molecule has 0 aliphatic heterocycles. The van der Waals surface area contributed by atoms with Gasteiger partial charge < -0.3 is 4.42 Å². The number of hydrogen-bond acceptors (Lipinski definition) is 1. The number of furan rings is 1. The number of aryl methyl sites for hydroxylation is 1. The summed E-state index contributed by atoms with van der Waals surface area (Å²) in [7, 11) is 0. The van der Waals surface area contributed by atoms with E-state index in [2.05, 4.69) is 159 Å². The van der Waals surface area contributed by atoms with Crippen LogP contribution in [0, 0.1) is 6.92 Å². The SMILES string of the molecule is Cc1cccc2c1-c1cc3oc4ccccc4c3cc1C21c2ccccc2C2(c3ccccc3-c3ccccc32)c2ccccc21. The van der Waals surface area contributed by atoms with Crippen molar-refractivity contribution in [2.45, 2.75) is 17.8 Å². The minimum absolute atomic E-state index is 0.426. The maximum absolute atomic E-state index is 6.50. The zero-order valence-corrected chi connectivity index (χ0v) is 25.3. The van der Waals surface area contributed by atoms with Gasteiger partial charge in [-0.15, -0.1) is 0 Å². The minimum Gasteiger partial charge on any atom is -0.456 e. The fraction of sp³-hybridized carbons (Fsp3) is 0.0667. The second-order valence-electron chi connectivity index (χ2n) is 13.2. The molecule has 0 radical (unpaired) electrons. The van der Waals surface area contributed by atoms with Gasteiger partial charge in [0, 0.05) is 10.8 Å². The topological polar surface area (TPSA) is 13.1 Å². The first-order valence-corrected chi connectivity index (χ1v) is 16.2. The lowest BCUT2D eigenvalue weighted by Crippen LogP contribution is -2.43. The summed E-state index contributed by atoms with van der Waals surface area (Å²) < 4.78 is 6.50. The number of benzene rings is 7. The van der Waals surface area contributed by atoms with Crippen LogP contribution < -0.4 is 0 Å². The molecule has 0 amide bonds. The van der Waals surface area contributed by atoms with E-state index in [0.29, 0.717) is 0 Å². The van der Waals surface area contributed by atoms with Gasteiger partial charge in [0.05, 0.1) is 10.8 Å². The van der Waals surface area contributed by atoms with Gasteiger partial charge in [0.25, 0.3) is 0 Å². The number of para-hydroxylation sites is 1. The normalized spacial score (nSPS) is 15.4. The van der Waals surface area contributed by atoms with E-state index in [4.69, 9.17) is 4.42 Å². The van der Waals surface area contributed by atoms with Crippen molar-refractivity contribution < 1.29 is 4.42 Å². The quantitative estimate of drug-likeness (QED) is 0.173. The van der Waals surface area contributed by atoms with Crippen LogP contribution >= 0.6 is 0 Å². The first-order valence-electron chi connectivity index (χ1n) is 16.2. The highest BCUT2D eigenvalue weighted by atomic mass is 16.3. The highest BCUT2D eigenvalue weighted by molar-refractivity contribution is 6.08. The monoisotopic (exact) mass is 584 g/mol. The second-order valence-corrected chi connectivity index (χ2v) is 13.2. The molecule has 8 aromatic rings. The molecule has 0 unspecified atom stereocenters. The van der Waals surface area contributed by atoms with Crippen molar-refractivity contribution in [2.24, 2.45) is 0 Å². The highest BCUT2D eigenvalue weighted by Crippen LogP contribution is 2.67. The second kappa shape index (κ2) is 8.33. The van der Waals surface area contributed by atoms with Crippen LogP contribution in [0.2, 0.25) is 0 Å². The van der Waals surface area contributed by atoms with Gasteiger partial charge in [0.1, 0.15) is 11.2 Å². The lowest BCUT2D eigenvalue weighted by molar-refractivity contribution is 0.632. The van der Waals surface area contributed by atoms with Gasteiger partial charge in [0.15, 0.2) is 0 Å². The molecular weight excluding hydrogens is 556 g/mol. The van der Waals surface area contributed by atoms with E-state index in [-0.39, 0.29) is 0 Å². The smallest absolute Gasteiger partial charge is 0.136 e. The summed E-state index contributed by atoms with van der Waals surface area (Å²) in [5.41, 5.74) is 18.4. The lowest BCUT2D eigenvalue weighted by Gasteiger charge is -2.48. The van der Waals surface area contributed by atoms with Crippen LogP contribution in [0.25, 0.3) is 44.2 Å². The number of hydrogen-bond donors (Lipinski definition) is 0. The molecule has 1 aromatic heterocycles. The third-order valence-corrected chi connectivity index (χ3v) is 11.3. The van der Waals surface area contributed by atoms with E-state index in [1.807, 2.05) is 0 Å². The molecule has 1 heteroatoms. The molecule has 3 aliphatic rings. The Morgan fingerprint density at radius 1 is 0.370 bits per heavy atom. The van der Waals surface area contributed by atoms with Gasteiger partial charge in [-0.3, -0.25) is 0 Å². The first kappa shape index (κ1) is 24.6. The maximum atomic E-state index is 6.50. The zero-order chi connectivity index (χ0) is 30.2. The van der Waals surface area contributed by atoms with E-state index in [9.17, 15) is 0 Å². The fourth-order valence-electron chi connectivity index (χ4n) is 9.73. The molecule has 0 atom stereocenters. The van der Waals surface area contributed by atoms with Crippen LogP contribution in [0.1, 0.15) is 50.1 Å². The van der Waals surface area contributed by atoms with Crippen LogP contribution in [0.3, 0.4) is 0 Å². The van der Waals surface area contributed by atoms with Crippen molar-refractivity contribution in [3.8, 4) is 22.3 Å². The van der Waals surface area contributed by atoms with Crippen molar-refractivity contribution in [3.05, 3.63) is 202 Å². The molecule has 0 saturated carbocycles. The average molecular weight is 585 g/mol. The molecule has 0 saturated heterocycles. The van der Waals surface area contributed by atoms with Gasteiger partial charge in [0.2, 0.25) is 0 Å². The number of fused-ring (bicyclic) bond motifs is 19. The molecule has 11 rings (SSSR count). The summed E-state index contributed by atoms with van der Waals surface area (Å²) in [6.07, 6.45) is 0.